The van der Waals surface area contributed by atoms with Gasteiger partial charge in [-0.15, -0.1) is 0 Å². The zero-order valence-corrected chi connectivity index (χ0v) is 5.13. The Morgan fingerprint density at radius 1 is 1.50 bits per heavy atom. The van der Waals surface area contributed by atoms with Crippen molar-refractivity contribution in [2.45, 2.75) is 0 Å². The molecule has 10 heavy (non-hydrogen) atoms. The molecule has 1 rings (SSSR count). The van der Waals surface area contributed by atoms with Gasteiger partial charge < -0.3 is 5.73 Å². The quantitative estimate of drug-likeness (QED) is 0.429. The van der Waals surface area contributed by atoms with E-state index in [0.29, 0.717) is 0 Å². The fraction of sp³-hybridized carbons (Fsp3) is 0. The van der Waals surface area contributed by atoms with E-state index in [1.807, 2.05) is 0 Å². The lowest BCUT2D eigenvalue weighted by atomic mass is 10.3. The molecule has 0 aliphatic heterocycles. The summed E-state index contributed by atoms with van der Waals surface area (Å²) in [5, 5.41) is 0. The third kappa shape index (κ3) is 0.914. The minimum absolute atomic E-state index is 0.0218. The van der Waals surface area contributed by atoms with Crippen molar-refractivity contribution in [1.29, 1.82) is 0 Å². The Bertz CT molecular complexity index is 288. The minimum Gasteiger partial charge on any atom is -0.397 e. The Morgan fingerprint density at radius 2 is 2.20 bits per heavy atom. The van der Waals surface area contributed by atoms with Crippen molar-refractivity contribution in [2.75, 3.05) is 5.73 Å². The Morgan fingerprint density at radius 3 is 2.70 bits per heavy atom. The van der Waals surface area contributed by atoms with Gasteiger partial charge >= 0.3 is 0 Å². The summed E-state index contributed by atoms with van der Waals surface area (Å²) in [6, 6.07) is 4.36. The first-order chi connectivity index (χ1) is 4.75. The van der Waals surface area contributed by atoms with Crippen LogP contribution in [0.3, 0.4) is 0 Å². The maximum absolute atomic E-state index is 12.7. The summed E-state index contributed by atoms with van der Waals surface area (Å²) >= 11 is 0. The number of nitrogen functional groups attached to an aromatic ring is 1. The van der Waals surface area contributed by atoms with Gasteiger partial charge in [-0.1, -0.05) is 12.1 Å². The smallest absolute Gasteiger partial charge is 0.224 e. The van der Waals surface area contributed by atoms with Gasteiger partial charge in [0, 0.05) is 0 Å². The summed E-state index contributed by atoms with van der Waals surface area (Å²) in [5.74, 6) is -0.627. The number of hydrogen-bond acceptors (Lipinski definition) is 1. The molecule has 0 aliphatic rings. The standard InChI is InChI=1S/C7H5FN2/c1-10-6-4-2-3-5(9)7(6)8/h2-4H,9H2. The highest BCUT2D eigenvalue weighted by atomic mass is 19.1. The summed E-state index contributed by atoms with van der Waals surface area (Å²) in [4.78, 5) is 2.93. The van der Waals surface area contributed by atoms with Gasteiger partial charge in [0.25, 0.3) is 0 Å². The van der Waals surface area contributed by atoms with Crippen LogP contribution in [0, 0.1) is 12.4 Å². The van der Waals surface area contributed by atoms with Crippen molar-refractivity contribution in [3.05, 3.63) is 35.4 Å². The van der Waals surface area contributed by atoms with E-state index in [2.05, 4.69) is 4.85 Å². The lowest BCUT2D eigenvalue weighted by Gasteiger charge is -1.95. The van der Waals surface area contributed by atoms with Crippen molar-refractivity contribution in [2.24, 2.45) is 0 Å². The molecule has 2 nitrogen and oxygen atoms in total. The summed E-state index contributed by atoms with van der Waals surface area (Å²) < 4.78 is 12.7. The fourth-order valence-corrected chi connectivity index (χ4v) is 0.623. The summed E-state index contributed by atoms with van der Waals surface area (Å²) in [6.07, 6.45) is 0. The van der Waals surface area contributed by atoms with Gasteiger partial charge in [-0.3, -0.25) is 0 Å². The number of hydrogen-bond donors (Lipinski definition) is 1. The molecular formula is C7H5FN2. The Hall–Kier alpha value is -1.56. The number of benzene rings is 1. The molecule has 0 heterocycles. The topological polar surface area (TPSA) is 30.4 Å². The molecule has 0 spiro atoms. The minimum atomic E-state index is -0.627. The summed E-state index contributed by atoms with van der Waals surface area (Å²) in [5.41, 5.74) is 5.17. The third-order valence-electron chi connectivity index (χ3n) is 1.13. The predicted molar refractivity (Wildman–Crippen MR) is 37.1 cm³/mol. The molecule has 0 amide bonds. The lowest BCUT2D eigenvalue weighted by Crippen LogP contribution is -1.88. The van der Waals surface area contributed by atoms with Crippen LogP contribution >= 0.6 is 0 Å². The SMILES string of the molecule is [C-]#[N+]c1cccc(N)c1F. The van der Waals surface area contributed by atoms with E-state index in [1.165, 1.54) is 12.1 Å². The second kappa shape index (κ2) is 2.36. The largest absolute Gasteiger partial charge is 0.397 e. The summed E-state index contributed by atoms with van der Waals surface area (Å²) in [7, 11) is 0. The average molecular weight is 136 g/mol. The zero-order valence-electron chi connectivity index (χ0n) is 5.13. The van der Waals surface area contributed by atoms with E-state index in [4.69, 9.17) is 12.3 Å². The maximum atomic E-state index is 12.7. The normalized spacial score (nSPS) is 8.80. The van der Waals surface area contributed by atoms with Crippen LogP contribution in [0.15, 0.2) is 18.2 Å². The second-order valence-electron chi connectivity index (χ2n) is 1.79. The van der Waals surface area contributed by atoms with E-state index in [9.17, 15) is 4.39 Å². The van der Waals surface area contributed by atoms with Crippen LogP contribution < -0.4 is 5.73 Å². The second-order valence-corrected chi connectivity index (χ2v) is 1.79. The molecule has 0 fully saturated rings. The predicted octanol–water partition coefficient (Wildman–Crippen LogP) is 1.96. The van der Waals surface area contributed by atoms with Gasteiger partial charge in [0.05, 0.1) is 12.3 Å². The number of nitrogens with two attached hydrogens (primary N) is 1. The molecule has 0 aliphatic carbocycles. The third-order valence-corrected chi connectivity index (χ3v) is 1.13. The fourth-order valence-electron chi connectivity index (χ4n) is 0.623. The molecular weight excluding hydrogens is 131 g/mol. The highest BCUT2D eigenvalue weighted by molar-refractivity contribution is 5.56. The number of rotatable bonds is 0. The van der Waals surface area contributed by atoms with Gasteiger partial charge in [0.2, 0.25) is 5.69 Å². The van der Waals surface area contributed by atoms with Gasteiger partial charge in [-0.05, 0) is 6.07 Å². The number of nitrogens with zero attached hydrogens (tertiary/aromatic N) is 1. The van der Waals surface area contributed by atoms with Crippen LogP contribution in [0.5, 0.6) is 0 Å². The van der Waals surface area contributed by atoms with Crippen LogP contribution in [0.25, 0.3) is 4.85 Å². The first-order valence-electron chi connectivity index (χ1n) is 2.67. The van der Waals surface area contributed by atoms with E-state index < -0.39 is 5.82 Å². The van der Waals surface area contributed by atoms with Crippen LogP contribution in [0.4, 0.5) is 15.8 Å². The highest BCUT2D eigenvalue weighted by Gasteiger charge is 2.02. The van der Waals surface area contributed by atoms with Crippen molar-refractivity contribution in [3.8, 4) is 0 Å². The van der Waals surface area contributed by atoms with Crippen molar-refractivity contribution >= 4 is 11.4 Å². The van der Waals surface area contributed by atoms with E-state index in [1.54, 1.807) is 6.07 Å². The highest BCUT2D eigenvalue weighted by Crippen LogP contribution is 2.21. The van der Waals surface area contributed by atoms with E-state index >= 15 is 0 Å². The molecule has 0 saturated heterocycles. The molecule has 1 aromatic carbocycles. The molecule has 0 radical (unpaired) electrons. The molecule has 2 N–H and O–H groups in total. The van der Waals surface area contributed by atoms with Crippen LogP contribution in [-0.4, -0.2) is 0 Å². The van der Waals surface area contributed by atoms with Crippen LogP contribution in [0.1, 0.15) is 0 Å². The number of halogens is 1. The molecule has 0 unspecified atom stereocenters. The van der Waals surface area contributed by atoms with Gasteiger partial charge in [0.15, 0.2) is 5.82 Å². The first kappa shape index (κ1) is 6.56. The van der Waals surface area contributed by atoms with Crippen molar-refractivity contribution in [3.63, 3.8) is 0 Å². The Labute approximate surface area is 57.9 Å². The number of anilines is 1. The van der Waals surface area contributed by atoms with Gasteiger partial charge in [0.1, 0.15) is 0 Å². The van der Waals surface area contributed by atoms with Crippen molar-refractivity contribution in [1.82, 2.24) is 0 Å². The molecule has 3 heteroatoms. The molecule has 1 aromatic rings. The monoisotopic (exact) mass is 136 g/mol. The lowest BCUT2D eigenvalue weighted by molar-refractivity contribution is 0.638. The van der Waals surface area contributed by atoms with E-state index in [-0.39, 0.29) is 11.4 Å². The molecule has 0 aromatic heterocycles. The Balaban J connectivity index is 3.31. The van der Waals surface area contributed by atoms with Gasteiger partial charge in [-0.2, -0.15) is 0 Å². The molecule has 0 atom stereocenters. The molecule has 0 bridgehead atoms. The summed E-state index contributed by atoms with van der Waals surface area (Å²) in [6.45, 7) is 6.51. The maximum Gasteiger partial charge on any atom is 0.224 e. The first-order valence-corrected chi connectivity index (χ1v) is 2.67. The zero-order chi connectivity index (χ0) is 7.56. The van der Waals surface area contributed by atoms with Crippen molar-refractivity contribution < 1.29 is 4.39 Å². The van der Waals surface area contributed by atoms with Gasteiger partial charge in [-0.25, -0.2) is 9.24 Å². The van der Waals surface area contributed by atoms with Crippen LogP contribution in [0.2, 0.25) is 0 Å². The Kier molecular flexibility index (Phi) is 1.55. The molecule has 50 valence electrons. The van der Waals surface area contributed by atoms with E-state index in [0.717, 1.165) is 0 Å². The molecule has 0 saturated carbocycles. The average Bonchev–Trinajstić information content (AvgIpc) is 1.95. The van der Waals surface area contributed by atoms with Crippen LogP contribution in [-0.2, 0) is 0 Å².